The van der Waals surface area contributed by atoms with Gasteiger partial charge in [0.15, 0.2) is 0 Å². The number of likely N-dealkylation sites (N-methyl/N-ethyl adjacent to an activating group) is 1. The normalized spacial score (nSPS) is 29.3. The monoisotopic (exact) mass is 341 g/mol. The van der Waals surface area contributed by atoms with Gasteiger partial charge >= 0.3 is 0 Å². The first-order valence-electron chi connectivity index (χ1n) is 9.42. The molecule has 0 radical (unpaired) electrons. The molecule has 134 valence electrons. The first kappa shape index (κ1) is 16.6. The molecule has 4 rings (SSSR count). The van der Waals surface area contributed by atoms with Crippen molar-refractivity contribution in [2.75, 3.05) is 25.0 Å². The molecule has 1 aromatic rings. The topological polar surface area (TPSA) is 61.4 Å². The molecule has 0 bridgehead atoms. The van der Waals surface area contributed by atoms with E-state index in [0.717, 1.165) is 49.2 Å². The molecule has 1 aromatic carbocycles. The number of carbonyl (C=O) groups excluding carboxylic acids is 2. The van der Waals surface area contributed by atoms with Crippen LogP contribution >= 0.6 is 0 Å². The van der Waals surface area contributed by atoms with Crippen molar-refractivity contribution in [3.05, 3.63) is 29.3 Å². The molecule has 1 saturated heterocycles. The molecule has 5 heteroatoms. The summed E-state index contributed by atoms with van der Waals surface area (Å²) >= 11 is 0. The van der Waals surface area contributed by atoms with Crippen molar-refractivity contribution in [2.24, 2.45) is 11.3 Å². The minimum absolute atomic E-state index is 0.0450. The fraction of sp³-hybridized carbons (Fsp3) is 0.600. The number of nitrogens with one attached hydrogen (secondary N) is 2. The van der Waals surface area contributed by atoms with Crippen LogP contribution in [-0.2, 0) is 16.0 Å². The van der Waals surface area contributed by atoms with Crippen molar-refractivity contribution in [3.8, 4) is 0 Å². The van der Waals surface area contributed by atoms with Gasteiger partial charge in [-0.1, -0.05) is 25.0 Å². The summed E-state index contributed by atoms with van der Waals surface area (Å²) in [5, 5.41) is 6.70. The molecule has 0 aromatic heterocycles. The number of hydrogen-bond acceptors (Lipinski definition) is 3. The summed E-state index contributed by atoms with van der Waals surface area (Å²) in [6.45, 7) is 3.81. The van der Waals surface area contributed by atoms with Crippen LogP contribution in [0, 0.1) is 11.3 Å². The van der Waals surface area contributed by atoms with Crippen molar-refractivity contribution in [3.63, 3.8) is 0 Å². The second-order valence-corrected chi connectivity index (χ2v) is 7.94. The van der Waals surface area contributed by atoms with Gasteiger partial charge in [0.05, 0.1) is 17.9 Å². The summed E-state index contributed by atoms with van der Waals surface area (Å²) < 4.78 is 0. The maximum Gasteiger partial charge on any atom is 0.231 e. The molecule has 3 atom stereocenters. The Morgan fingerprint density at radius 1 is 1.40 bits per heavy atom. The zero-order valence-electron chi connectivity index (χ0n) is 15.1. The highest BCUT2D eigenvalue weighted by Crippen LogP contribution is 2.44. The van der Waals surface area contributed by atoms with E-state index in [0.29, 0.717) is 12.3 Å². The third-order valence-electron chi connectivity index (χ3n) is 6.52. The lowest BCUT2D eigenvalue weighted by molar-refractivity contribution is -0.134. The summed E-state index contributed by atoms with van der Waals surface area (Å²) in [4.78, 5) is 26.7. The lowest BCUT2D eigenvalue weighted by Crippen LogP contribution is -2.48. The number of rotatable bonds is 3. The van der Waals surface area contributed by atoms with E-state index in [1.165, 1.54) is 6.42 Å². The van der Waals surface area contributed by atoms with Crippen LogP contribution in [0.2, 0.25) is 0 Å². The molecular formula is C20H27N3O2. The molecule has 1 unspecified atom stereocenters. The fourth-order valence-corrected chi connectivity index (χ4v) is 4.87. The summed E-state index contributed by atoms with van der Waals surface area (Å²) in [7, 11) is 1.81. The quantitative estimate of drug-likeness (QED) is 0.886. The van der Waals surface area contributed by atoms with E-state index >= 15 is 0 Å². The van der Waals surface area contributed by atoms with Crippen LogP contribution in [0.1, 0.15) is 49.8 Å². The van der Waals surface area contributed by atoms with E-state index in [9.17, 15) is 9.59 Å². The Labute approximate surface area is 149 Å². The molecule has 1 saturated carbocycles. The molecule has 25 heavy (non-hydrogen) atoms. The van der Waals surface area contributed by atoms with Crippen molar-refractivity contribution >= 4 is 17.5 Å². The average molecular weight is 341 g/mol. The molecule has 3 aliphatic rings. The maximum absolute atomic E-state index is 13.1. The molecule has 1 aliphatic carbocycles. The first-order valence-corrected chi connectivity index (χ1v) is 9.42. The summed E-state index contributed by atoms with van der Waals surface area (Å²) in [5.74, 6) is 0.799. The number of fused-ring (bicyclic) bond motifs is 2. The van der Waals surface area contributed by atoms with Gasteiger partial charge in [-0.25, -0.2) is 0 Å². The standard InChI is InChI=1S/C20H27N3O2/c1-13(14-6-7-17-15(9-14)10-18(24)23(17)2)22-19(25)20-8-4-3-5-16(20)11-21-12-20/h6-7,9,13,16,21H,3-5,8,10-12H2,1-2H3,(H,22,25)/t13?,16-,20+/m0/s1. The molecule has 2 N–H and O–H groups in total. The highest BCUT2D eigenvalue weighted by atomic mass is 16.2. The van der Waals surface area contributed by atoms with Crippen molar-refractivity contribution < 1.29 is 9.59 Å². The lowest BCUT2D eigenvalue weighted by Gasteiger charge is -2.38. The Kier molecular flexibility index (Phi) is 4.07. The Morgan fingerprint density at radius 3 is 3.08 bits per heavy atom. The Hall–Kier alpha value is -1.88. The SMILES string of the molecule is CC(NC(=O)[C@@]12CCCC[C@H]1CNC2)c1ccc2c(c1)CC(=O)N2C. The molecule has 2 amide bonds. The molecule has 2 fully saturated rings. The smallest absolute Gasteiger partial charge is 0.231 e. The third-order valence-corrected chi connectivity index (χ3v) is 6.52. The molecular weight excluding hydrogens is 314 g/mol. The van der Waals surface area contributed by atoms with Gasteiger partial charge in [-0.2, -0.15) is 0 Å². The van der Waals surface area contributed by atoms with Gasteiger partial charge in [0.2, 0.25) is 11.8 Å². The van der Waals surface area contributed by atoms with E-state index in [2.05, 4.69) is 16.7 Å². The third kappa shape index (κ3) is 2.65. The molecule has 5 nitrogen and oxygen atoms in total. The Morgan fingerprint density at radius 2 is 2.24 bits per heavy atom. The van der Waals surface area contributed by atoms with Crippen molar-refractivity contribution in [2.45, 2.75) is 45.1 Å². The van der Waals surface area contributed by atoms with E-state index in [1.54, 1.807) is 4.90 Å². The Balaban J connectivity index is 1.51. The highest BCUT2D eigenvalue weighted by molar-refractivity contribution is 6.01. The van der Waals surface area contributed by atoms with Crippen LogP contribution in [0.4, 0.5) is 5.69 Å². The first-order chi connectivity index (χ1) is 12.0. The summed E-state index contributed by atoms with van der Waals surface area (Å²) in [6, 6.07) is 6.06. The van der Waals surface area contributed by atoms with Crippen LogP contribution in [0.15, 0.2) is 18.2 Å². The number of nitrogens with zero attached hydrogens (tertiary/aromatic N) is 1. The van der Waals surface area contributed by atoms with Gasteiger partial charge in [0.1, 0.15) is 0 Å². The minimum atomic E-state index is -0.223. The van der Waals surface area contributed by atoms with Gasteiger partial charge in [-0.3, -0.25) is 9.59 Å². The van der Waals surface area contributed by atoms with Crippen LogP contribution in [0.3, 0.4) is 0 Å². The second kappa shape index (κ2) is 6.13. The van der Waals surface area contributed by atoms with Gasteiger partial charge < -0.3 is 15.5 Å². The van der Waals surface area contributed by atoms with Crippen molar-refractivity contribution in [1.29, 1.82) is 0 Å². The predicted molar refractivity (Wildman–Crippen MR) is 97.4 cm³/mol. The highest BCUT2D eigenvalue weighted by Gasteiger charge is 2.50. The lowest BCUT2D eigenvalue weighted by atomic mass is 9.67. The van der Waals surface area contributed by atoms with Gasteiger partial charge in [0, 0.05) is 19.3 Å². The van der Waals surface area contributed by atoms with Crippen LogP contribution in [0.25, 0.3) is 0 Å². The van der Waals surface area contributed by atoms with E-state index in [-0.39, 0.29) is 23.3 Å². The van der Waals surface area contributed by atoms with Gasteiger partial charge in [-0.15, -0.1) is 0 Å². The minimum Gasteiger partial charge on any atom is -0.349 e. The molecule has 2 heterocycles. The van der Waals surface area contributed by atoms with Crippen LogP contribution < -0.4 is 15.5 Å². The van der Waals surface area contributed by atoms with E-state index in [4.69, 9.17) is 0 Å². The van der Waals surface area contributed by atoms with E-state index < -0.39 is 0 Å². The molecule has 2 aliphatic heterocycles. The summed E-state index contributed by atoms with van der Waals surface area (Å²) in [5.41, 5.74) is 2.89. The second-order valence-electron chi connectivity index (χ2n) is 7.94. The van der Waals surface area contributed by atoms with Gasteiger partial charge in [-0.05, 0) is 49.4 Å². The zero-order valence-corrected chi connectivity index (χ0v) is 15.1. The zero-order chi connectivity index (χ0) is 17.6. The summed E-state index contributed by atoms with van der Waals surface area (Å²) in [6.07, 6.45) is 4.99. The number of carbonyl (C=O) groups is 2. The number of hydrogen-bond donors (Lipinski definition) is 2. The largest absolute Gasteiger partial charge is 0.349 e. The average Bonchev–Trinajstić information content (AvgIpc) is 3.17. The Bertz CT molecular complexity index is 717. The predicted octanol–water partition coefficient (Wildman–Crippen LogP) is 2.16. The van der Waals surface area contributed by atoms with E-state index in [1.807, 2.05) is 26.1 Å². The van der Waals surface area contributed by atoms with Crippen LogP contribution in [-0.4, -0.2) is 32.0 Å². The number of benzene rings is 1. The number of amides is 2. The number of anilines is 1. The maximum atomic E-state index is 13.1. The molecule has 0 spiro atoms. The van der Waals surface area contributed by atoms with Crippen molar-refractivity contribution in [1.82, 2.24) is 10.6 Å². The van der Waals surface area contributed by atoms with Crippen LogP contribution in [0.5, 0.6) is 0 Å². The fourth-order valence-electron chi connectivity index (χ4n) is 4.87. The van der Waals surface area contributed by atoms with Gasteiger partial charge in [0.25, 0.3) is 0 Å².